The second-order valence-electron chi connectivity index (χ2n) is 4.49. The van der Waals surface area contributed by atoms with Crippen molar-refractivity contribution in [2.24, 2.45) is 5.92 Å². The molecule has 1 unspecified atom stereocenters. The minimum absolute atomic E-state index is 0.0634. The van der Waals surface area contributed by atoms with E-state index in [1.165, 1.54) is 11.3 Å². The zero-order valence-electron chi connectivity index (χ0n) is 9.83. The van der Waals surface area contributed by atoms with Gasteiger partial charge in [-0.05, 0) is 12.8 Å². The molecule has 1 saturated carbocycles. The maximum Gasteiger partial charge on any atom is 0.227 e. The van der Waals surface area contributed by atoms with Gasteiger partial charge in [-0.15, -0.1) is 11.3 Å². The normalized spacial score (nSPS) is 20.2. The Kier molecular flexibility index (Phi) is 3.19. The largest absolute Gasteiger partial charge is 0.339 e. The second kappa shape index (κ2) is 4.97. The van der Waals surface area contributed by atoms with Crippen LogP contribution in [0.1, 0.15) is 31.6 Å². The number of thiazole rings is 1. The smallest absolute Gasteiger partial charge is 0.227 e. The van der Waals surface area contributed by atoms with E-state index in [4.69, 9.17) is 4.52 Å². The zero-order chi connectivity index (χ0) is 12.4. The molecule has 1 aliphatic rings. The number of nitrogens with zero attached hydrogens (tertiary/aromatic N) is 3. The zero-order valence-corrected chi connectivity index (χ0v) is 10.7. The van der Waals surface area contributed by atoms with Crippen molar-refractivity contribution in [1.29, 1.82) is 0 Å². The Hall–Kier alpha value is -1.56. The van der Waals surface area contributed by atoms with E-state index in [1.54, 1.807) is 11.7 Å². The summed E-state index contributed by atoms with van der Waals surface area (Å²) in [5.41, 5.74) is 1.73. The van der Waals surface area contributed by atoms with Crippen molar-refractivity contribution >= 4 is 17.1 Å². The monoisotopic (exact) mass is 263 g/mol. The lowest BCUT2D eigenvalue weighted by atomic mass is 9.86. The maximum absolute atomic E-state index is 11.7. The van der Waals surface area contributed by atoms with Crippen LogP contribution in [0.15, 0.2) is 16.2 Å². The lowest BCUT2D eigenvalue weighted by molar-refractivity contribution is -0.124. The number of hydrogen-bond donors (Lipinski definition) is 0. The Balaban J connectivity index is 1.72. The first-order chi connectivity index (χ1) is 8.83. The van der Waals surface area contributed by atoms with Crippen LogP contribution in [0.25, 0.3) is 10.7 Å². The summed E-state index contributed by atoms with van der Waals surface area (Å²) in [6, 6.07) is 0. The van der Waals surface area contributed by atoms with Crippen LogP contribution in [-0.2, 0) is 11.2 Å². The van der Waals surface area contributed by atoms with Gasteiger partial charge in [-0.3, -0.25) is 9.78 Å². The number of carbonyl (C=O) groups is 1. The van der Waals surface area contributed by atoms with E-state index in [9.17, 15) is 4.79 Å². The van der Waals surface area contributed by atoms with Gasteiger partial charge in [0.05, 0.1) is 10.4 Å². The Labute approximate surface area is 108 Å². The number of carbonyl (C=O) groups excluding carboxylic acids is 1. The highest BCUT2D eigenvalue weighted by Gasteiger charge is 2.24. The molecule has 6 heteroatoms. The Bertz CT molecular complexity index is 535. The predicted molar refractivity (Wildman–Crippen MR) is 66.1 cm³/mol. The highest BCUT2D eigenvalue weighted by molar-refractivity contribution is 7.13. The van der Waals surface area contributed by atoms with Crippen LogP contribution in [0.5, 0.6) is 0 Å². The quantitative estimate of drug-likeness (QED) is 0.851. The molecule has 0 radical (unpaired) electrons. The lowest BCUT2D eigenvalue weighted by Crippen LogP contribution is -2.21. The van der Waals surface area contributed by atoms with Crippen LogP contribution in [0.4, 0.5) is 0 Å². The second-order valence-corrected chi connectivity index (χ2v) is 5.38. The molecule has 2 aromatic heterocycles. The molecular formula is C12H13N3O2S. The SMILES string of the molecule is O=C1CCCCC1Cc1nc(-c2cncs2)no1. The molecule has 18 heavy (non-hydrogen) atoms. The average Bonchev–Trinajstić information content (AvgIpc) is 3.02. The molecule has 3 rings (SSSR count). The standard InChI is InChI=1S/C12H13N3O2S/c16-9-4-2-1-3-8(9)5-11-14-12(15-17-11)10-6-13-7-18-10/h6-8H,1-5H2. The van der Waals surface area contributed by atoms with Crippen molar-refractivity contribution in [3.8, 4) is 10.7 Å². The molecule has 0 N–H and O–H groups in total. The first kappa shape index (κ1) is 11.5. The average molecular weight is 263 g/mol. The van der Waals surface area contributed by atoms with Crippen molar-refractivity contribution in [1.82, 2.24) is 15.1 Å². The minimum Gasteiger partial charge on any atom is -0.339 e. The van der Waals surface area contributed by atoms with E-state index in [1.807, 2.05) is 0 Å². The molecule has 0 aliphatic heterocycles. The van der Waals surface area contributed by atoms with Crippen molar-refractivity contribution in [2.45, 2.75) is 32.1 Å². The maximum atomic E-state index is 11.7. The van der Waals surface area contributed by atoms with Gasteiger partial charge in [0.2, 0.25) is 11.7 Å². The first-order valence-corrected chi connectivity index (χ1v) is 6.95. The Morgan fingerprint density at radius 1 is 1.44 bits per heavy atom. The van der Waals surface area contributed by atoms with E-state index in [2.05, 4.69) is 15.1 Å². The third-order valence-electron chi connectivity index (χ3n) is 3.22. The van der Waals surface area contributed by atoms with Gasteiger partial charge in [0.1, 0.15) is 5.78 Å². The topological polar surface area (TPSA) is 68.9 Å². The molecule has 0 amide bonds. The van der Waals surface area contributed by atoms with Crippen molar-refractivity contribution in [3.63, 3.8) is 0 Å². The molecule has 2 heterocycles. The fourth-order valence-electron chi connectivity index (χ4n) is 2.25. The van der Waals surface area contributed by atoms with Gasteiger partial charge in [-0.25, -0.2) is 0 Å². The predicted octanol–water partition coefficient (Wildman–Crippen LogP) is 2.49. The van der Waals surface area contributed by atoms with Crippen molar-refractivity contribution in [2.75, 3.05) is 0 Å². The van der Waals surface area contributed by atoms with Crippen LogP contribution in [0, 0.1) is 5.92 Å². The van der Waals surface area contributed by atoms with E-state index in [0.717, 1.165) is 24.1 Å². The van der Waals surface area contributed by atoms with E-state index in [-0.39, 0.29) is 5.92 Å². The van der Waals surface area contributed by atoms with Crippen LogP contribution < -0.4 is 0 Å². The van der Waals surface area contributed by atoms with Gasteiger partial charge < -0.3 is 4.52 Å². The number of aromatic nitrogens is 3. The van der Waals surface area contributed by atoms with Gasteiger partial charge in [-0.2, -0.15) is 4.98 Å². The number of ketones is 1. The molecule has 0 spiro atoms. The van der Waals surface area contributed by atoms with E-state index < -0.39 is 0 Å². The van der Waals surface area contributed by atoms with Crippen molar-refractivity contribution < 1.29 is 9.32 Å². The third kappa shape index (κ3) is 2.33. The highest BCUT2D eigenvalue weighted by atomic mass is 32.1. The fourth-order valence-corrected chi connectivity index (χ4v) is 2.79. The number of rotatable bonds is 3. The van der Waals surface area contributed by atoms with Crippen molar-refractivity contribution in [3.05, 3.63) is 17.6 Å². The summed E-state index contributed by atoms with van der Waals surface area (Å²) in [4.78, 5) is 20.9. The summed E-state index contributed by atoms with van der Waals surface area (Å²) in [6.07, 6.45) is 6.06. The summed E-state index contributed by atoms with van der Waals surface area (Å²) >= 11 is 1.47. The first-order valence-electron chi connectivity index (χ1n) is 6.07. The highest BCUT2D eigenvalue weighted by Crippen LogP contribution is 2.25. The van der Waals surface area contributed by atoms with Gasteiger partial charge in [-0.1, -0.05) is 11.6 Å². The molecule has 2 aromatic rings. The number of hydrogen-bond acceptors (Lipinski definition) is 6. The summed E-state index contributed by atoms with van der Waals surface area (Å²) in [6.45, 7) is 0. The molecule has 94 valence electrons. The molecule has 0 aromatic carbocycles. The fraction of sp³-hybridized carbons (Fsp3) is 0.500. The summed E-state index contributed by atoms with van der Waals surface area (Å²) in [5, 5.41) is 3.92. The molecule has 1 atom stereocenters. The van der Waals surface area contributed by atoms with E-state index >= 15 is 0 Å². The summed E-state index contributed by atoms with van der Waals surface area (Å²) in [7, 11) is 0. The van der Waals surface area contributed by atoms with E-state index in [0.29, 0.717) is 30.3 Å². The number of Topliss-reactive ketones (excluding diaryl/α,β-unsaturated/α-hetero) is 1. The van der Waals surface area contributed by atoms with Gasteiger partial charge in [0, 0.05) is 25.0 Å². The molecule has 0 bridgehead atoms. The van der Waals surface area contributed by atoms with Gasteiger partial charge in [0.15, 0.2) is 0 Å². The Morgan fingerprint density at radius 2 is 2.39 bits per heavy atom. The Morgan fingerprint density at radius 3 is 3.17 bits per heavy atom. The van der Waals surface area contributed by atoms with Crippen LogP contribution in [-0.4, -0.2) is 20.9 Å². The molecular weight excluding hydrogens is 250 g/mol. The summed E-state index contributed by atoms with van der Waals surface area (Å²) < 4.78 is 5.21. The van der Waals surface area contributed by atoms with Crippen LogP contribution >= 0.6 is 11.3 Å². The molecule has 1 fully saturated rings. The van der Waals surface area contributed by atoms with Gasteiger partial charge in [0.25, 0.3) is 0 Å². The van der Waals surface area contributed by atoms with Crippen LogP contribution in [0.2, 0.25) is 0 Å². The molecule has 5 nitrogen and oxygen atoms in total. The molecule has 0 saturated heterocycles. The summed E-state index contributed by atoms with van der Waals surface area (Å²) in [5.74, 6) is 1.52. The third-order valence-corrected chi connectivity index (χ3v) is 3.99. The van der Waals surface area contributed by atoms with Crippen LogP contribution in [0.3, 0.4) is 0 Å². The minimum atomic E-state index is 0.0634. The lowest BCUT2D eigenvalue weighted by Gasteiger charge is -2.18. The van der Waals surface area contributed by atoms with Gasteiger partial charge >= 0.3 is 0 Å². The molecule has 1 aliphatic carbocycles.